The van der Waals surface area contributed by atoms with Crippen molar-refractivity contribution < 1.29 is 4.79 Å². The fraction of sp³-hybridized carbons (Fsp3) is 0.688. The molecule has 1 unspecified atom stereocenters. The molecule has 1 aromatic rings. The first kappa shape index (κ1) is 13.3. The Hall–Kier alpha value is -0.670. The van der Waals surface area contributed by atoms with E-state index in [0.29, 0.717) is 11.7 Å². The van der Waals surface area contributed by atoms with Gasteiger partial charge in [-0.2, -0.15) is 0 Å². The van der Waals surface area contributed by atoms with Crippen LogP contribution in [-0.4, -0.2) is 23.3 Å². The molecular weight excluding hydrogens is 254 g/mol. The van der Waals surface area contributed by atoms with Gasteiger partial charge in [-0.25, -0.2) is 0 Å². The van der Waals surface area contributed by atoms with Gasteiger partial charge in [-0.1, -0.05) is 18.9 Å². The van der Waals surface area contributed by atoms with Gasteiger partial charge in [0, 0.05) is 36.3 Å². The number of carbonyl (C=O) groups is 1. The highest BCUT2D eigenvalue weighted by molar-refractivity contribution is 7.09. The van der Waals surface area contributed by atoms with Crippen LogP contribution < -0.4 is 0 Å². The molecule has 1 heterocycles. The lowest BCUT2D eigenvalue weighted by molar-refractivity contribution is -0.123. The molecule has 1 aromatic heterocycles. The van der Waals surface area contributed by atoms with Crippen molar-refractivity contribution >= 4 is 17.1 Å². The second kappa shape index (κ2) is 6.19. The van der Waals surface area contributed by atoms with E-state index in [9.17, 15) is 4.79 Å². The van der Waals surface area contributed by atoms with Crippen LogP contribution in [0.4, 0.5) is 0 Å². The van der Waals surface area contributed by atoms with Crippen LogP contribution in [0.15, 0.2) is 17.5 Å². The highest BCUT2D eigenvalue weighted by atomic mass is 32.1. The van der Waals surface area contributed by atoms with Crippen LogP contribution in [0.3, 0.4) is 0 Å². The molecule has 104 valence electrons. The van der Waals surface area contributed by atoms with Gasteiger partial charge in [-0.3, -0.25) is 9.69 Å². The first-order chi connectivity index (χ1) is 9.33. The van der Waals surface area contributed by atoms with Crippen LogP contribution in [0, 0.1) is 5.92 Å². The van der Waals surface area contributed by atoms with E-state index >= 15 is 0 Å². The molecule has 0 spiro atoms. The predicted octanol–water partition coefficient (Wildman–Crippen LogP) is 3.86. The molecule has 2 saturated carbocycles. The van der Waals surface area contributed by atoms with Gasteiger partial charge in [-0.05, 0) is 37.1 Å². The molecule has 0 aliphatic heterocycles. The Morgan fingerprint density at radius 1 is 1.21 bits per heavy atom. The van der Waals surface area contributed by atoms with Gasteiger partial charge in [0.25, 0.3) is 0 Å². The minimum atomic E-state index is 0.308. The Morgan fingerprint density at radius 3 is 2.84 bits per heavy atom. The number of carbonyl (C=O) groups excluding carboxylic acids is 1. The number of thiophene rings is 1. The summed E-state index contributed by atoms with van der Waals surface area (Å²) in [6.07, 6.45) is 8.20. The molecular formula is C16H23NOS. The third kappa shape index (κ3) is 3.67. The van der Waals surface area contributed by atoms with Crippen LogP contribution >= 0.6 is 11.3 Å². The molecule has 0 radical (unpaired) electrons. The molecule has 2 aliphatic rings. The highest BCUT2D eigenvalue weighted by Gasteiger charge is 2.32. The van der Waals surface area contributed by atoms with Crippen molar-refractivity contribution in [1.82, 2.24) is 4.90 Å². The average molecular weight is 277 g/mol. The predicted molar refractivity (Wildman–Crippen MR) is 79.3 cm³/mol. The summed E-state index contributed by atoms with van der Waals surface area (Å²) in [5.41, 5.74) is 0. The molecule has 19 heavy (non-hydrogen) atoms. The smallest absolute Gasteiger partial charge is 0.137 e. The summed E-state index contributed by atoms with van der Waals surface area (Å²) in [5, 5.41) is 2.15. The maximum atomic E-state index is 12.2. The van der Waals surface area contributed by atoms with Crippen LogP contribution in [0.5, 0.6) is 0 Å². The summed E-state index contributed by atoms with van der Waals surface area (Å²) < 4.78 is 0. The molecule has 3 heteroatoms. The van der Waals surface area contributed by atoms with Gasteiger partial charge < -0.3 is 0 Å². The topological polar surface area (TPSA) is 20.3 Å². The van der Waals surface area contributed by atoms with Gasteiger partial charge in [-0.15, -0.1) is 11.3 Å². The summed E-state index contributed by atoms with van der Waals surface area (Å²) >= 11 is 1.84. The summed E-state index contributed by atoms with van der Waals surface area (Å²) in [7, 11) is 0. The van der Waals surface area contributed by atoms with Crippen LogP contribution in [0.25, 0.3) is 0 Å². The molecule has 0 saturated heterocycles. The van der Waals surface area contributed by atoms with E-state index < -0.39 is 0 Å². The minimum absolute atomic E-state index is 0.308. The minimum Gasteiger partial charge on any atom is -0.299 e. The number of hydrogen-bond donors (Lipinski definition) is 0. The summed E-state index contributed by atoms with van der Waals surface area (Å²) in [4.78, 5) is 16.2. The van der Waals surface area contributed by atoms with Crippen molar-refractivity contribution in [2.75, 3.05) is 6.54 Å². The fourth-order valence-electron chi connectivity index (χ4n) is 3.09. The maximum absolute atomic E-state index is 12.2. The van der Waals surface area contributed by atoms with Crippen molar-refractivity contribution in [3.63, 3.8) is 0 Å². The zero-order valence-electron chi connectivity index (χ0n) is 11.5. The standard InChI is InChI=1S/C16H23NOS/c18-16-7-3-1-2-5-13(16)11-17(14-8-9-14)12-15-6-4-10-19-15/h4,6,10,13-14H,1-3,5,7-9,11-12H2. The molecule has 0 bridgehead atoms. The van der Waals surface area contributed by atoms with Gasteiger partial charge in [0.05, 0.1) is 0 Å². The summed E-state index contributed by atoms with van der Waals surface area (Å²) in [6.45, 7) is 2.05. The van der Waals surface area contributed by atoms with Crippen molar-refractivity contribution in [1.29, 1.82) is 0 Å². The number of Topliss-reactive ketones (excluding diaryl/α,β-unsaturated/α-hetero) is 1. The van der Waals surface area contributed by atoms with Gasteiger partial charge in [0.1, 0.15) is 5.78 Å². The average Bonchev–Trinajstić information content (AvgIpc) is 3.16. The third-order valence-electron chi connectivity index (χ3n) is 4.39. The summed E-state index contributed by atoms with van der Waals surface area (Å²) in [5.74, 6) is 0.831. The maximum Gasteiger partial charge on any atom is 0.137 e. The quantitative estimate of drug-likeness (QED) is 0.762. The molecule has 0 aromatic carbocycles. The van der Waals surface area contributed by atoms with E-state index in [-0.39, 0.29) is 0 Å². The lowest BCUT2D eigenvalue weighted by atomic mass is 9.98. The van der Waals surface area contributed by atoms with Gasteiger partial charge >= 0.3 is 0 Å². The number of hydrogen-bond acceptors (Lipinski definition) is 3. The normalized spacial score (nSPS) is 24.7. The van der Waals surface area contributed by atoms with Crippen molar-refractivity contribution in [2.24, 2.45) is 5.92 Å². The fourth-order valence-corrected chi connectivity index (χ4v) is 3.82. The third-order valence-corrected chi connectivity index (χ3v) is 5.25. The van der Waals surface area contributed by atoms with E-state index in [1.165, 1.54) is 30.6 Å². The van der Waals surface area contributed by atoms with Crippen LogP contribution in [-0.2, 0) is 11.3 Å². The molecule has 0 amide bonds. The van der Waals surface area contributed by atoms with Crippen LogP contribution in [0.1, 0.15) is 49.8 Å². The number of ketones is 1. The van der Waals surface area contributed by atoms with Crippen LogP contribution in [0.2, 0.25) is 0 Å². The molecule has 1 atom stereocenters. The zero-order valence-corrected chi connectivity index (χ0v) is 12.3. The SMILES string of the molecule is O=C1CCCCCC1CN(Cc1cccs1)C1CC1. The molecule has 2 nitrogen and oxygen atoms in total. The molecule has 2 fully saturated rings. The Bertz CT molecular complexity index is 410. The van der Waals surface area contributed by atoms with Crippen molar-refractivity contribution in [2.45, 2.75) is 57.5 Å². The lowest BCUT2D eigenvalue weighted by Crippen LogP contribution is -2.34. The van der Waals surface area contributed by atoms with E-state index in [1.807, 2.05) is 11.3 Å². The monoisotopic (exact) mass is 277 g/mol. The largest absolute Gasteiger partial charge is 0.299 e. The Balaban J connectivity index is 1.62. The Morgan fingerprint density at radius 2 is 2.11 bits per heavy atom. The second-order valence-electron chi connectivity index (χ2n) is 6.00. The van der Waals surface area contributed by atoms with Crippen molar-refractivity contribution in [3.05, 3.63) is 22.4 Å². The van der Waals surface area contributed by atoms with E-state index in [0.717, 1.165) is 38.4 Å². The zero-order chi connectivity index (χ0) is 13.1. The van der Waals surface area contributed by atoms with E-state index in [1.54, 1.807) is 0 Å². The summed E-state index contributed by atoms with van der Waals surface area (Å²) in [6, 6.07) is 5.09. The first-order valence-corrected chi connectivity index (χ1v) is 8.50. The number of rotatable bonds is 5. The van der Waals surface area contributed by atoms with E-state index in [2.05, 4.69) is 22.4 Å². The second-order valence-corrected chi connectivity index (χ2v) is 7.03. The van der Waals surface area contributed by atoms with E-state index in [4.69, 9.17) is 0 Å². The van der Waals surface area contributed by atoms with Gasteiger partial charge in [0.2, 0.25) is 0 Å². The Kier molecular flexibility index (Phi) is 4.34. The number of nitrogens with zero attached hydrogens (tertiary/aromatic N) is 1. The molecule has 0 N–H and O–H groups in total. The van der Waals surface area contributed by atoms with Crippen molar-refractivity contribution in [3.8, 4) is 0 Å². The molecule has 2 aliphatic carbocycles. The molecule has 3 rings (SSSR count). The highest BCUT2D eigenvalue weighted by Crippen LogP contribution is 2.31. The lowest BCUT2D eigenvalue weighted by Gasteiger charge is -2.25. The van der Waals surface area contributed by atoms with Gasteiger partial charge in [0.15, 0.2) is 0 Å². The first-order valence-electron chi connectivity index (χ1n) is 7.62. The Labute approximate surface area is 119 Å².